The van der Waals surface area contributed by atoms with Gasteiger partial charge in [0.1, 0.15) is 16.3 Å². The third-order valence-corrected chi connectivity index (χ3v) is 4.69. The monoisotopic (exact) mass is 355 g/mol. The zero-order valence-corrected chi connectivity index (χ0v) is 14.4. The van der Waals surface area contributed by atoms with Crippen molar-refractivity contribution in [1.29, 1.82) is 0 Å². The van der Waals surface area contributed by atoms with E-state index in [-0.39, 0.29) is 17.9 Å². The van der Waals surface area contributed by atoms with Crippen LogP contribution in [-0.2, 0) is 11.2 Å². The van der Waals surface area contributed by atoms with Crippen LogP contribution in [0, 0.1) is 6.92 Å². The standard InChI is InChI=1S/C19H17NO4S/c1-12-4-6-13(7-5-12)15-11-25-18(17(15)19(22)23)20-16(21)9-8-14-3-2-10-24-14/h2-7,10-11H,8-9H2,1H3,(H,20,21)(H,22,23). The molecule has 0 aliphatic heterocycles. The Morgan fingerprint density at radius 2 is 1.96 bits per heavy atom. The first-order chi connectivity index (χ1) is 12.0. The molecule has 6 heteroatoms. The number of thiophene rings is 1. The van der Waals surface area contributed by atoms with E-state index in [0.717, 1.165) is 16.9 Å². The van der Waals surface area contributed by atoms with Crippen molar-refractivity contribution < 1.29 is 19.1 Å². The maximum atomic E-state index is 12.1. The van der Waals surface area contributed by atoms with Crippen molar-refractivity contribution in [1.82, 2.24) is 0 Å². The number of anilines is 1. The number of benzene rings is 1. The minimum atomic E-state index is -1.06. The van der Waals surface area contributed by atoms with E-state index in [1.807, 2.05) is 31.2 Å². The highest BCUT2D eigenvalue weighted by Gasteiger charge is 2.21. The Balaban J connectivity index is 1.78. The van der Waals surface area contributed by atoms with Gasteiger partial charge < -0.3 is 14.8 Å². The first-order valence-electron chi connectivity index (χ1n) is 7.78. The Labute approximate surface area is 148 Å². The summed E-state index contributed by atoms with van der Waals surface area (Å²) in [5.41, 5.74) is 2.65. The van der Waals surface area contributed by atoms with Gasteiger partial charge in [-0.2, -0.15) is 0 Å². The number of rotatable bonds is 6. The largest absolute Gasteiger partial charge is 0.478 e. The highest BCUT2D eigenvalue weighted by atomic mass is 32.1. The number of carboxylic acids is 1. The summed E-state index contributed by atoms with van der Waals surface area (Å²) < 4.78 is 5.20. The lowest BCUT2D eigenvalue weighted by Gasteiger charge is -2.06. The first-order valence-corrected chi connectivity index (χ1v) is 8.66. The van der Waals surface area contributed by atoms with Crippen LogP contribution in [0.2, 0.25) is 0 Å². The van der Waals surface area contributed by atoms with Crippen molar-refractivity contribution in [3.63, 3.8) is 0 Å². The van der Waals surface area contributed by atoms with Gasteiger partial charge in [0.25, 0.3) is 0 Å². The number of amides is 1. The molecule has 128 valence electrons. The summed E-state index contributed by atoms with van der Waals surface area (Å²) in [5.74, 6) is -0.575. The Hall–Kier alpha value is -2.86. The van der Waals surface area contributed by atoms with Crippen molar-refractivity contribution >= 4 is 28.2 Å². The molecule has 2 heterocycles. The molecule has 1 aromatic carbocycles. The molecule has 2 N–H and O–H groups in total. The van der Waals surface area contributed by atoms with E-state index in [1.165, 1.54) is 11.3 Å². The molecule has 0 saturated carbocycles. The third-order valence-electron chi connectivity index (χ3n) is 3.80. The second kappa shape index (κ2) is 7.36. The normalized spacial score (nSPS) is 10.6. The number of carbonyl (C=O) groups excluding carboxylic acids is 1. The zero-order chi connectivity index (χ0) is 17.8. The molecule has 3 aromatic rings. The molecule has 3 rings (SSSR count). The smallest absolute Gasteiger partial charge is 0.339 e. The fraction of sp³-hybridized carbons (Fsp3) is 0.158. The molecular weight excluding hydrogens is 338 g/mol. The van der Waals surface area contributed by atoms with E-state index < -0.39 is 5.97 Å². The van der Waals surface area contributed by atoms with Crippen LogP contribution in [-0.4, -0.2) is 17.0 Å². The lowest BCUT2D eigenvalue weighted by molar-refractivity contribution is -0.116. The van der Waals surface area contributed by atoms with Crippen LogP contribution in [0.25, 0.3) is 11.1 Å². The summed E-state index contributed by atoms with van der Waals surface area (Å²) in [6.07, 6.45) is 2.25. The van der Waals surface area contributed by atoms with Crippen molar-refractivity contribution in [3.05, 3.63) is 64.9 Å². The Kier molecular flexibility index (Phi) is 5.00. The third kappa shape index (κ3) is 3.97. The molecule has 0 bridgehead atoms. The molecule has 0 unspecified atom stereocenters. The number of aromatic carboxylic acids is 1. The molecule has 25 heavy (non-hydrogen) atoms. The van der Waals surface area contributed by atoms with Gasteiger partial charge in [-0.3, -0.25) is 4.79 Å². The van der Waals surface area contributed by atoms with Gasteiger partial charge in [0.05, 0.1) is 6.26 Å². The van der Waals surface area contributed by atoms with Gasteiger partial charge >= 0.3 is 5.97 Å². The molecule has 0 atom stereocenters. The van der Waals surface area contributed by atoms with Crippen LogP contribution < -0.4 is 5.32 Å². The van der Waals surface area contributed by atoms with Crippen molar-refractivity contribution in [2.24, 2.45) is 0 Å². The van der Waals surface area contributed by atoms with E-state index in [4.69, 9.17) is 4.42 Å². The quantitative estimate of drug-likeness (QED) is 0.678. The van der Waals surface area contributed by atoms with Gasteiger partial charge in [0, 0.05) is 23.8 Å². The van der Waals surface area contributed by atoms with E-state index in [9.17, 15) is 14.7 Å². The molecule has 2 aromatic heterocycles. The second-order valence-corrected chi connectivity index (χ2v) is 6.53. The summed E-state index contributed by atoms with van der Waals surface area (Å²) in [7, 11) is 0. The SMILES string of the molecule is Cc1ccc(-c2csc(NC(=O)CCc3ccco3)c2C(=O)O)cc1. The fourth-order valence-corrected chi connectivity index (χ4v) is 3.47. The van der Waals surface area contributed by atoms with Crippen LogP contribution in [0.3, 0.4) is 0 Å². The van der Waals surface area contributed by atoms with Crippen LogP contribution in [0.15, 0.2) is 52.5 Å². The summed E-state index contributed by atoms with van der Waals surface area (Å²) in [6, 6.07) is 11.2. The molecule has 0 saturated heterocycles. The van der Waals surface area contributed by atoms with Crippen molar-refractivity contribution in [2.45, 2.75) is 19.8 Å². The maximum absolute atomic E-state index is 12.1. The van der Waals surface area contributed by atoms with Crippen LogP contribution in [0.5, 0.6) is 0 Å². The molecule has 0 spiro atoms. The Morgan fingerprint density at radius 3 is 2.60 bits per heavy atom. The number of aryl methyl sites for hydroxylation is 2. The Bertz CT molecular complexity index is 879. The predicted octanol–water partition coefficient (Wildman–Crippen LogP) is 4.59. The lowest BCUT2D eigenvalue weighted by Crippen LogP contribution is -2.13. The van der Waals surface area contributed by atoms with Crippen molar-refractivity contribution in [2.75, 3.05) is 5.32 Å². The van der Waals surface area contributed by atoms with Gasteiger partial charge in [-0.05, 0) is 24.6 Å². The van der Waals surface area contributed by atoms with E-state index in [0.29, 0.717) is 17.0 Å². The van der Waals surface area contributed by atoms with Crippen LogP contribution in [0.4, 0.5) is 5.00 Å². The summed E-state index contributed by atoms with van der Waals surface area (Å²) in [5, 5.41) is 14.4. The molecule has 0 fully saturated rings. The average Bonchev–Trinajstić information content (AvgIpc) is 3.23. The number of hydrogen-bond acceptors (Lipinski definition) is 4. The van der Waals surface area contributed by atoms with Gasteiger partial charge in [0.2, 0.25) is 5.91 Å². The maximum Gasteiger partial charge on any atom is 0.339 e. The number of carboxylic acid groups (broad SMARTS) is 1. The number of furan rings is 1. The lowest BCUT2D eigenvalue weighted by atomic mass is 10.0. The number of nitrogens with one attached hydrogen (secondary N) is 1. The minimum Gasteiger partial charge on any atom is -0.478 e. The van der Waals surface area contributed by atoms with Gasteiger partial charge in [0.15, 0.2) is 0 Å². The molecule has 0 aliphatic rings. The highest BCUT2D eigenvalue weighted by molar-refractivity contribution is 7.15. The van der Waals surface area contributed by atoms with Gasteiger partial charge in [-0.15, -0.1) is 11.3 Å². The summed E-state index contributed by atoms with van der Waals surface area (Å²) >= 11 is 1.22. The number of hydrogen-bond donors (Lipinski definition) is 2. The predicted molar refractivity (Wildman–Crippen MR) is 97.1 cm³/mol. The molecule has 1 amide bonds. The minimum absolute atomic E-state index is 0.125. The second-order valence-electron chi connectivity index (χ2n) is 5.65. The van der Waals surface area contributed by atoms with Crippen LogP contribution in [0.1, 0.15) is 28.1 Å². The fourth-order valence-electron chi connectivity index (χ4n) is 2.49. The molecule has 0 radical (unpaired) electrons. The zero-order valence-electron chi connectivity index (χ0n) is 13.6. The van der Waals surface area contributed by atoms with Gasteiger partial charge in [-0.1, -0.05) is 29.8 Å². The molecule has 0 aliphatic carbocycles. The summed E-state index contributed by atoms with van der Waals surface area (Å²) in [4.78, 5) is 23.8. The van der Waals surface area contributed by atoms with Crippen molar-refractivity contribution in [3.8, 4) is 11.1 Å². The summed E-state index contributed by atoms with van der Waals surface area (Å²) in [6.45, 7) is 1.97. The highest BCUT2D eigenvalue weighted by Crippen LogP contribution is 2.35. The molecular formula is C19H17NO4S. The number of carbonyl (C=O) groups is 2. The van der Waals surface area contributed by atoms with Crippen LogP contribution >= 0.6 is 11.3 Å². The average molecular weight is 355 g/mol. The van der Waals surface area contributed by atoms with E-state index >= 15 is 0 Å². The molecule has 5 nitrogen and oxygen atoms in total. The van der Waals surface area contributed by atoms with Gasteiger partial charge in [-0.25, -0.2) is 4.79 Å². The van der Waals surface area contributed by atoms with E-state index in [2.05, 4.69) is 5.32 Å². The van der Waals surface area contributed by atoms with E-state index in [1.54, 1.807) is 23.8 Å². The topological polar surface area (TPSA) is 79.5 Å². The Morgan fingerprint density at radius 1 is 1.20 bits per heavy atom. The first kappa shape index (κ1) is 17.0.